The van der Waals surface area contributed by atoms with Crippen molar-refractivity contribution in [3.63, 3.8) is 0 Å². The lowest BCUT2D eigenvalue weighted by molar-refractivity contribution is 0.0733. The first-order chi connectivity index (χ1) is 9.65. The molecule has 2 heteroatoms. The maximum Gasteiger partial charge on any atom is 0.343 e. The van der Waals surface area contributed by atoms with Crippen LogP contribution in [-0.4, -0.2) is 5.97 Å². The quantitative estimate of drug-likeness (QED) is 0.606. The molecule has 0 atom stereocenters. The van der Waals surface area contributed by atoms with Crippen LogP contribution in [0.4, 0.5) is 0 Å². The van der Waals surface area contributed by atoms with Gasteiger partial charge in [0.1, 0.15) is 5.75 Å². The number of benzene rings is 2. The summed E-state index contributed by atoms with van der Waals surface area (Å²) in [6.07, 6.45) is 3.24. The van der Waals surface area contributed by atoms with Crippen molar-refractivity contribution >= 4 is 5.97 Å². The minimum Gasteiger partial charge on any atom is -0.423 e. The van der Waals surface area contributed by atoms with Crippen LogP contribution in [0.15, 0.2) is 36.4 Å². The van der Waals surface area contributed by atoms with Crippen molar-refractivity contribution in [1.29, 1.82) is 0 Å². The average Bonchev–Trinajstić information content (AvgIpc) is 2.91. The molecule has 0 amide bonds. The zero-order valence-electron chi connectivity index (χ0n) is 11.9. The molecule has 3 rings (SSSR count). The summed E-state index contributed by atoms with van der Waals surface area (Å²) in [5.74, 6) is 0.455. The number of aryl methyl sites for hydroxylation is 3. The van der Waals surface area contributed by atoms with Gasteiger partial charge in [0.05, 0.1) is 5.56 Å². The number of hydrogen-bond donors (Lipinski definition) is 0. The highest BCUT2D eigenvalue weighted by Gasteiger charge is 2.18. The molecule has 1 aliphatic carbocycles. The van der Waals surface area contributed by atoms with E-state index in [1.807, 2.05) is 44.2 Å². The standard InChI is InChI=1S/C18H18O2/c1-12-9-10-15(11-13(12)2)18(19)20-17-8-4-6-14-5-3-7-16(14)17/h4,6,8-11H,3,5,7H2,1-2H3. The van der Waals surface area contributed by atoms with Crippen LogP contribution in [0.5, 0.6) is 5.75 Å². The van der Waals surface area contributed by atoms with Gasteiger partial charge in [0.2, 0.25) is 0 Å². The third-order valence-electron chi connectivity index (χ3n) is 4.05. The van der Waals surface area contributed by atoms with Crippen LogP contribution >= 0.6 is 0 Å². The Labute approximate surface area is 119 Å². The number of ether oxygens (including phenoxy) is 1. The van der Waals surface area contributed by atoms with Crippen LogP contribution in [0.25, 0.3) is 0 Å². The summed E-state index contributed by atoms with van der Waals surface area (Å²) < 4.78 is 5.60. The minimum absolute atomic E-state index is 0.270. The fourth-order valence-corrected chi connectivity index (χ4v) is 2.71. The lowest BCUT2D eigenvalue weighted by Gasteiger charge is -2.10. The zero-order valence-corrected chi connectivity index (χ0v) is 11.9. The van der Waals surface area contributed by atoms with Gasteiger partial charge in [-0.2, -0.15) is 0 Å². The van der Waals surface area contributed by atoms with Gasteiger partial charge in [-0.25, -0.2) is 4.79 Å². The second kappa shape index (κ2) is 5.12. The molecule has 0 unspecified atom stereocenters. The van der Waals surface area contributed by atoms with E-state index in [4.69, 9.17) is 4.74 Å². The van der Waals surface area contributed by atoms with E-state index in [2.05, 4.69) is 6.07 Å². The van der Waals surface area contributed by atoms with Crippen LogP contribution < -0.4 is 4.74 Å². The first kappa shape index (κ1) is 12.9. The summed E-state index contributed by atoms with van der Waals surface area (Å²) in [7, 11) is 0. The Morgan fingerprint density at radius 3 is 2.70 bits per heavy atom. The number of fused-ring (bicyclic) bond motifs is 1. The lowest BCUT2D eigenvalue weighted by atomic mass is 10.1. The summed E-state index contributed by atoms with van der Waals surface area (Å²) in [5, 5.41) is 0. The molecule has 0 saturated carbocycles. The number of esters is 1. The number of carbonyl (C=O) groups is 1. The van der Waals surface area contributed by atoms with Gasteiger partial charge in [0, 0.05) is 0 Å². The van der Waals surface area contributed by atoms with Crippen molar-refractivity contribution in [1.82, 2.24) is 0 Å². The molecule has 20 heavy (non-hydrogen) atoms. The summed E-state index contributed by atoms with van der Waals surface area (Å²) in [6.45, 7) is 4.04. The van der Waals surface area contributed by atoms with Gasteiger partial charge in [-0.05, 0) is 73.6 Å². The van der Waals surface area contributed by atoms with E-state index in [-0.39, 0.29) is 5.97 Å². The molecule has 2 aromatic carbocycles. The predicted molar refractivity (Wildman–Crippen MR) is 79.3 cm³/mol. The monoisotopic (exact) mass is 266 g/mol. The van der Waals surface area contributed by atoms with Gasteiger partial charge in [-0.3, -0.25) is 0 Å². The van der Waals surface area contributed by atoms with E-state index < -0.39 is 0 Å². The molecular weight excluding hydrogens is 248 g/mol. The molecular formula is C18H18O2. The second-order valence-corrected chi connectivity index (χ2v) is 5.44. The zero-order chi connectivity index (χ0) is 14.1. The Morgan fingerprint density at radius 2 is 1.90 bits per heavy atom. The van der Waals surface area contributed by atoms with E-state index in [1.165, 1.54) is 16.7 Å². The highest BCUT2D eigenvalue weighted by molar-refractivity contribution is 5.91. The summed E-state index contributed by atoms with van der Waals surface area (Å²) in [6, 6.07) is 11.7. The molecule has 0 N–H and O–H groups in total. The van der Waals surface area contributed by atoms with Crippen molar-refractivity contribution in [2.45, 2.75) is 33.1 Å². The van der Waals surface area contributed by atoms with E-state index in [0.29, 0.717) is 5.56 Å². The lowest BCUT2D eigenvalue weighted by Crippen LogP contribution is -2.10. The van der Waals surface area contributed by atoms with Gasteiger partial charge in [0.15, 0.2) is 0 Å². The highest BCUT2D eigenvalue weighted by Crippen LogP contribution is 2.30. The third kappa shape index (κ3) is 2.34. The molecule has 0 bridgehead atoms. The van der Waals surface area contributed by atoms with Crippen molar-refractivity contribution in [3.05, 3.63) is 64.2 Å². The molecule has 102 valence electrons. The molecule has 2 aromatic rings. The average molecular weight is 266 g/mol. The molecule has 0 saturated heterocycles. The first-order valence-electron chi connectivity index (χ1n) is 7.05. The Kier molecular flexibility index (Phi) is 3.31. The SMILES string of the molecule is Cc1ccc(C(=O)Oc2cccc3c2CCC3)cc1C. The normalized spacial score (nSPS) is 13.1. The van der Waals surface area contributed by atoms with Crippen molar-refractivity contribution in [3.8, 4) is 5.75 Å². The highest BCUT2D eigenvalue weighted by atomic mass is 16.5. The Bertz CT molecular complexity index is 671. The largest absolute Gasteiger partial charge is 0.423 e. The molecule has 0 spiro atoms. The predicted octanol–water partition coefficient (Wildman–Crippen LogP) is 4.01. The fraction of sp³-hybridized carbons (Fsp3) is 0.278. The van der Waals surface area contributed by atoms with Gasteiger partial charge in [0.25, 0.3) is 0 Å². The Balaban J connectivity index is 1.86. The van der Waals surface area contributed by atoms with Gasteiger partial charge >= 0.3 is 5.97 Å². The summed E-state index contributed by atoms with van der Waals surface area (Å²) in [5.41, 5.74) is 5.42. The van der Waals surface area contributed by atoms with Crippen molar-refractivity contribution in [2.75, 3.05) is 0 Å². The molecule has 0 radical (unpaired) electrons. The third-order valence-corrected chi connectivity index (χ3v) is 4.05. The van der Waals surface area contributed by atoms with E-state index >= 15 is 0 Å². The maximum atomic E-state index is 12.3. The van der Waals surface area contributed by atoms with Crippen LogP contribution in [0, 0.1) is 13.8 Å². The van der Waals surface area contributed by atoms with Gasteiger partial charge in [-0.15, -0.1) is 0 Å². The smallest absolute Gasteiger partial charge is 0.343 e. The van der Waals surface area contributed by atoms with E-state index in [0.717, 1.165) is 30.6 Å². The summed E-state index contributed by atoms with van der Waals surface area (Å²) in [4.78, 5) is 12.3. The Morgan fingerprint density at radius 1 is 1.05 bits per heavy atom. The van der Waals surface area contributed by atoms with E-state index in [1.54, 1.807) is 0 Å². The van der Waals surface area contributed by atoms with Crippen LogP contribution in [0.2, 0.25) is 0 Å². The molecule has 0 aliphatic heterocycles. The van der Waals surface area contributed by atoms with Crippen LogP contribution in [0.3, 0.4) is 0 Å². The second-order valence-electron chi connectivity index (χ2n) is 5.44. The summed E-state index contributed by atoms with van der Waals surface area (Å²) >= 11 is 0. The molecule has 1 aliphatic rings. The molecule has 0 aromatic heterocycles. The number of carbonyl (C=O) groups excluding carboxylic acids is 1. The van der Waals surface area contributed by atoms with Gasteiger partial charge in [-0.1, -0.05) is 18.2 Å². The van der Waals surface area contributed by atoms with Crippen LogP contribution in [0.1, 0.15) is 39.0 Å². The minimum atomic E-state index is -0.270. The topological polar surface area (TPSA) is 26.3 Å². The van der Waals surface area contributed by atoms with Crippen molar-refractivity contribution < 1.29 is 9.53 Å². The fourth-order valence-electron chi connectivity index (χ4n) is 2.71. The molecule has 0 heterocycles. The Hall–Kier alpha value is -2.09. The van der Waals surface area contributed by atoms with Gasteiger partial charge < -0.3 is 4.74 Å². The molecule has 2 nitrogen and oxygen atoms in total. The number of rotatable bonds is 2. The van der Waals surface area contributed by atoms with Crippen molar-refractivity contribution in [2.24, 2.45) is 0 Å². The van der Waals surface area contributed by atoms with E-state index in [9.17, 15) is 4.79 Å². The maximum absolute atomic E-state index is 12.3. The first-order valence-corrected chi connectivity index (χ1v) is 7.05. The number of hydrogen-bond acceptors (Lipinski definition) is 2. The van der Waals surface area contributed by atoms with Crippen LogP contribution in [-0.2, 0) is 12.8 Å². The molecule has 0 fully saturated rings.